The monoisotopic (exact) mass is 276 g/mol. The van der Waals surface area contributed by atoms with Gasteiger partial charge >= 0.3 is 0 Å². The number of anilines is 1. The molecule has 0 saturated carbocycles. The second kappa shape index (κ2) is 5.43. The number of nitrogens with zero attached hydrogens (tertiary/aromatic N) is 1. The fourth-order valence-corrected chi connectivity index (χ4v) is 1.71. The minimum Gasteiger partial charge on any atom is -0.496 e. The van der Waals surface area contributed by atoms with Crippen LogP contribution in [-0.2, 0) is 0 Å². The Bertz CT molecular complexity index is 663. The van der Waals surface area contributed by atoms with Crippen molar-refractivity contribution < 1.29 is 18.9 Å². The molecule has 1 N–H and O–H groups in total. The van der Waals surface area contributed by atoms with E-state index >= 15 is 0 Å². The summed E-state index contributed by atoms with van der Waals surface area (Å²) in [5, 5.41) is 13.5. The summed E-state index contributed by atoms with van der Waals surface area (Å²) < 4.78 is 9.95. The Morgan fingerprint density at radius 1 is 1.40 bits per heavy atom. The Morgan fingerprint density at radius 3 is 2.70 bits per heavy atom. The van der Waals surface area contributed by atoms with Crippen LogP contribution in [0.1, 0.15) is 16.1 Å². The van der Waals surface area contributed by atoms with E-state index in [1.54, 1.807) is 6.92 Å². The number of ether oxygens (including phenoxy) is 1. The lowest BCUT2D eigenvalue weighted by atomic mass is 10.2. The van der Waals surface area contributed by atoms with Crippen LogP contribution in [0.3, 0.4) is 0 Å². The number of benzene rings is 1. The van der Waals surface area contributed by atoms with E-state index in [4.69, 9.17) is 9.15 Å². The number of hydrogen-bond donors (Lipinski definition) is 1. The zero-order valence-electron chi connectivity index (χ0n) is 10.9. The van der Waals surface area contributed by atoms with Crippen molar-refractivity contribution in [1.29, 1.82) is 0 Å². The Hall–Kier alpha value is -2.83. The predicted molar refractivity (Wildman–Crippen MR) is 71.0 cm³/mol. The Labute approximate surface area is 114 Å². The third kappa shape index (κ3) is 2.61. The molecule has 7 nitrogen and oxygen atoms in total. The minimum absolute atomic E-state index is 0.0985. The summed E-state index contributed by atoms with van der Waals surface area (Å²) in [5.41, 5.74) is 0.190. The molecule has 0 aliphatic heterocycles. The highest BCUT2D eigenvalue weighted by Crippen LogP contribution is 2.29. The second-order valence-corrected chi connectivity index (χ2v) is 3.98. The fourth-order valence-electron chi connectivity index (χ4n) is 1.71. The summed E-state index contributed by atoms with van der Waals surface area (Å²) in [6, 6.07) is 5.70. The van der Waals surface area contributed by atoms with Gasteiger partial charge in [-0.25, -0.2) is 0 Å². The molecule has 1 aromatic heterocycles. The van der Waals surface area contributed by atoms with Gasteiger partial charge in [-0.2, -0.15) is 0 Å². The van der Waals surface area contributed by atoms with Crippen LogP contribution in [-0.4, -0.2) is 17.9 Å². The van der Waals surface area contributed by atoms with E-state index in [9.17, 15) is 14.9 Å². The van der Waals surface area contributed by atoms with E-state index in [0.29, 0.717) is 17.1 Å². The number of aryl methyl sites for hydroxylation is 1. The van der Waals surface area contributed by atoms with Crippen LogP contribution in [0.15, 0.2) is 34.9 Å². The van der Waals surface area contributed by atoms with Gasteiger partial charge in [0.05, 0.1) is 29.9 Å². The predicted octanol–water partition coefficient (Wildman–Crippen LogP) is 2.76. The maximum Gasteiger partial charge on any atom is 0.296 e. The number of nitro benzene ring substituents is 1. The van der Waals surface area contributed by atoms with Crippen molar-refractivity contribution in [2.45, 2.75) is 6.92 Å². The average molecular weight is 276 g/mol. The third-order valence-corrected chi connectivity index (χ3v) is 2.75. The van der Waals surface area contributed by atoms with Gasteiger partial charge in [-0.05, 0) is 25.1 Å². The maximum absolute atomic E-state index is 12.0. The summed E-state index contributed by atoms with van der Waals surface area (Å²) in [5.74, 6) is 0.317. The lowest BCUT2D eigenvalue weighted by Gasteiger charge is -2.07. The SMILES string of the molecule is COc1ccc(NC(=O)c2ccoc2C)c([N+](=O)[O-])c1. The number of nitro groups is 1. The molecule has 0 atom stereocenters. The van der Waals surface area contributed by atoms with Crippen LogP contribution in [0.25, 0.3) is 0 Å². The van der Waals surface area contributed by atoms with Gasteiger partial charge in [0.15, 0.2) is 0 Å². The molecular weight excluding hydrogens is 264 g/mol. The first-order chi connectivity index (χ1) is 9.52. The van der Waals surface area contributed by atoms with Gasteiger partial charge < -0.3 is 14.5 Å². The quantitative estimate of drug-likeness (QED) is 0.684. The molecule has 2 rings (SSSR count). The molecule has 7 heteroatoms. The molecule has 0 spiro atoms. The minimum atomic E-state index is -0.583. The van der Waals surface area contributed by atoms with E-state index in [2.05, 4.69) is 5.32 Å². The molecule has 1 amide bonds. The molecule has 1 aromatic carbocycles. The lowest BCUT2D eigenvalue weighted by molar-refractivity contribution is -0.384. The van der Waals surface area contributed by atoms with E-state index in [1.165, 1.54) is 37.6 Å². The van der Waals surface area contributed by atoms with Crippen LogP contribution in [0, 0.1) is 17.0 Å². The highest BCUT2D eigenvalue weighted by Gasteiger charge is 2.19. The normalized spacial score (nSPS) is 10.1. The van der Waals surface area contributed by atoms with Gasteiger partial charge in [0.1, 0.15) is 17.2 Å². The molecule has 0 radical (unpaired) electrons. The molecule has 104 valence electrons. The van der Waals surface area contributed by atoms with Crippen LogP contribution < -0.4 is 10.1 Å². The first-order valence-corrected chi connectivity index (χ1v) is 5.71. The average Bonchev–Trinajstić information content (AvgIpc) is 2.85. The zero-order chi connectivity index (χ0) is 14.7. The summed E-state index contributed by atoms with van der Waals surface area (Å²) in [6.45, 7) is 1.64. The van der Waals surface area contributed by atoms with E-state index < -0.39 is 10.8 Å². The summed E-state index contributed by atoms with van der Waals surface area (Å²) >= 11 is 0. The molecule has 0 aliphatic carbocycles. The highest BCUT2D eigenvalue weighted by molar-refractivity contribution is 6.06. The zero-order valence-corrected chi connectivity index (χ0v) is 10.9. The summed E-state index contributed by atoms with van der Waals surface area (Å²) in [4.78, 5) is 22.4. The van der Waals surface area contributed by atoms with Gasteiger partial charge in [0, 0.05) is 0 Å². The maximum atomic E-state index is 12.0. The van der Waals surface area contributed by atoms with E-state index in [-0.39, 0.29) is 11.4 Å². The van der Waals surface area contributed by atoms with Crippen molar-refractivity contribution in [2.75, 3.05) is 12.4 Å². The molecule has 0 saturated heterocycles. The lowest BCUT2D eigenvalue weighted by Crippen LogP contribution is -2.13. The second-order valence-electron chi connectivity index (χ2n) is 3.98. The van der Waals surface area contributed by atoms with Gasteiger partial charge in [0.25, 0.3) is 11.6 Å². The number of amides is 1. The number of rotatable bonds is 4. The number of furan rings is 1. The number of hydrogen-bond acceptors (Lipinski definition) is 5. The van der Waals surface area contributed by atoms with E-state index in [0.717, 1.165) is 0 Å². The van der Waals surface area contributed by atoms with E-state index in [1.807, 2.05) is 0 Å². The van der Waals surface area contributed by atoms with Crippen LogP contribution >= 0.6 is 0 Å². The van der Waals surface area contributed by atoms with Crippen LogP contribution in [0.5, 0.6) is 5.75 Å². The van der Waals surface area contributed by atoms with Crippen molar-refractivity contribution in [3.8, 4) is 5.75 Å². The summed E-state index contributed by atoms with van der Waals surface area (Å²) in [6.07, 6.45) is 1.38. The van der Waals surface area contributed by atoms with Crippen molar-refractivity contribution in [3.05, 3.63) is 52.0 Å². The Kier molecular flexibility index (Phi) is 3.69. The van der Waals surface area contributed by atoms with Crippen LogP contribution in [0.2, 0.25) is 0 Å². The van der Waals surface area contributed by atoms with Gasteiger partial charge in [-0.1, -0.05) is 0 Å². The number of nitrogens with one attached hydrogen (secondary N) is 1. The largest absolute Gasteiger partial charge is 0.496 e. The Balaban J connectivity index is 2.32. The standard InChI is InChI=1S/C13H12N2O5/c1-8-10(5-6-20-8)13(16)14-11-4-3-9(19-2)7-12(11)15(17)18/h3-7H,1-2H3,(H,14,16). The van der Waals surface area contributed by atoms with Crippen molar-refractivity contribution in [1.82, 2.24) is 0 Å². The first kappa shape index (κ1) is 13.6. The topological polar surface area (TPSA) is 94.6 Å². The molecule has 0 unspecified atom stereocenters. The molecule has 0 bridgehead atoms. The fraction of sp³-hybridized carbons (Fsp3) is 0.154. The van der Waals surface area contributed by atoms with Gasteiger partial charge in [-0.3, -0.25) is 14.9 Å². The molecule has 2 aromatic rings. The van der Waals surface area contributed by atoms with Crippen molar-refractivity contribution in [3.63, 3.8) is 0 Å². The van der Waals surface area contributed by atoms with Gasteiger partial charge in [0.2, 0.25) is 0 Å². The van der Waals surface area contributed by atoms with Crippen LogP contribution in [0.4, 0.5) is 11.4 Å². The molecule has 1 heterocycles. The molecule has 20 heavy (non-hydrogen) atoms. The molecule has 0 fully saturated rings. The number of carbonyl (C=O) groups is 1. The molecular formula is C13H12N2O5. The third-order valence-electron chi connectivity index (χ3n) is 2.75. The summed E-state index contributed by atoms with van der Waals surface area (Å²) in [7, 11) is 1.41. The number of methoxy groups -OCH3 is 1. The first-order valence-electron chi connectivity index (χ1n) is 5.71. The smallest absolute Gasteiger partial charge is 0.296 e. The number of carbonyl (C=O) groups excluding carboxylic acids is 1. The highest BCUT2D eigenvalue weighted by atomic mass is 16.6. The Morgan fingerprint density at radius 2 is 2.15 bits per heavy atom. The molecule has 0 aliphatic rings. The van der Waals surface area contributed by atoms with Crippen molar-refractivity contribution >= 4 is 17.3 Å². The van der Waals surface area contributed by atoms with Crippen molar-refractivity contribution in [2.24, 2.45) is 0 Å². The van der Waals surface area contributed by atoms with Gasteiger partial charge in [-0.15, -0.1) is 0 Å².